The summed E-state index contributed by atoms with van der Waals surface area (Å²) in [5.41, 5.74) is 1.52. The maximum atomic E-state index is 13.9. The fraction of sp³-hybridized carbons (Fsp3) is 0.300. The molecule has 0 atom stereocenters. The topological polar surface area (TPSA) is 43.9 Å². The minimum absolute atomic E-state index is 0.0408. The predicted molar refractivity (Wildman–Crippen MR) is 104 cm³/mol. The highest BCUT2D eigenvalue weighted by atomic mass is 35.5. The molecule has 0 bridgehead atoms. The van der Waals surface area contributed by atoms with Gasteiger partial charge in [0.1, 0.15) is 5.82 Å². The number of rotatable bonds is 3. The summed E-state index contributed by atoms with van der Waals surface area (Å²) >= 11 is 5.87. The smallest absolute Gasteiger partial charge is 0.257 e. The Kier molecular flexibility index (Phi) is 5.65. The maximum absolute atomic E-state index is 13.9. The zero-order chi connectivity index (χ0) is 19.6. The first-order valence-corrected chi connectivity index (χ1v) is 9.05. The van der Waals surface area contributed by atoms with Crippen molar-refractivity contribution in [3.05, 3.63) is 64.4 Å². The summed E-state index contributed by atoms with van der Waals surface area (Å²) in [7, 11) is 3.84. The van der Waals surface area contributed by atoms with Crippen LogP contribution in [0.5, 0.6) is 0 Å². The van der Waals surface area contributed by atoms with Gasteiger partial charge in [0.05, 0.1) is 5.56 Å². The SMILES string of the molecule is CN(C)c1cccc(C(=O)N2CCN(C(=O)c3cc(Cl)ccc3F)CC2)c1. The second-order valence-electron chi connectivity index (χ2n) is 6.65. The number of piperazine rings is 1. The van der Waals surface area contributed by atoms with E-state index in [0.717, 1.165) is 5.69 Å². The van der Waals surface area contributed by atoms with E-state index in [1.165, 1.54) is 18.2 Å². The van der Waals surface area contributed by atoms with Crippen LogP contribution in [0.3, 0.4) is 0 Å². The van der Waals surface area contributed by atoms with Crippen LogP contribution in [0.2, 0.25) is 5.02 Å². The van der Waals surface area contributed by atoms with Crippen LogP contribution in [0.15, 0.2) is 42.5 Å². The van der Waals surface area contributed by atoms with Gasteiger partial charge in [0.2, 0.25) is 0 Å². The van der Waals surface area contributed by atoms with Gasteiger partial charge >= 0.3 is 0 Å². The van der Waals surface area contributed by atoms with Gasteiger partial charge in [0.15, 0.2) is 0 Å². The average molecular weight is 390 g/mol. The number of hydrogen-bond donors (Lipinski definition) is 0. The quantitative estimate of drug-likeness (QED) is 0.810. The largest absolute Gasteiger partial charge is 0.378 e. The van der Waals surface area contributed by atoms with Gasteiger partial charge in [0, 0.05) is 56.5 Å². The van der Waals surface area contributed by atoms with Gasteiger partial charge in [0.25, 0.3) is 11.8 Å². The number of benzene rings is 2. The molecule has 1 aliphatic heterocycles. The van der Waals surface area contributed by atoms with E-state index >= 15 is 0 Å². The van der Waals surface area contributed by atoms with Crippen molar-refractivity contribution in [2.45, 2.75) is 0 Å². The molecule has 27 heavy (non-hydrogen) atoms. The Morgan fingerprint density at radius 3 is 2.22 bits per heavy atom. The Morgan fingerprint density at radius 2 is 1.59 bits per heavy atom. The summed E-state index contributed by atoms with van der Waals surface area (Å²) in [6, 6.07) is 11.4. The summed E-state index contributed by atoms with van der Waals surface area (Å²) in [6.07, 6.45) is 0. The Bertz CT molecular complexity index is 864. The van der Waals surface area contributed by atoms with Crippen molar-refractivity contribution in [2.75, 3.05) is 45.2 Å². The normalized spacial score (nSPS) is 14.2. The molecule has 5 nitrogen and oxygen atoms in total. The fourth-order valence-corrected chi connectivity index (χ4v) is 3.22. The maximum Gasteiger partial charge on any atom is 0.257 e. The van der Waals surface area contributed by atoms with Gasteiger partial charge in [-0.05, 0) is 36.4 Å². The highest BCUT2D eigenvalue weighted by Crippen LogP contribution is 2.19. The van der Waals surface area contributed by atoms with E-state index < -0.39 is 11.7 Å². The molecule has 142 valence electrons. The lowest BCUT2D eigenvalue weighted by molar-refractivity contribution is 0.0533. The van der Waals surface area contributed by atoms with Crippen LogP contribution in [-0.4, -0.2) is 61.9 Å². The number of anilines is 1. The first-order valence-electron chi connectivity index (χ1n) is 8.68. The molecular formula is C20H21ClFN3O2. The van der Waals surface area contributed by atoms with Crippen LogP contribution < -0.4 is 4.90 Å². The number of hydrogen-bond acceptors (Lipinski definition) is 3. The van der Waals surface area contributed by atoms with E-state index in [1.807, 2.05) is 37.2 Å². The molecule has 1 heterocycles. The van der Waals surface area contributed by atoms with Crippen LogP contribution in [0.1, 0.15) is 20.7 Å². The lowest BCUT2D eigenvalue weighted by atomic mass is 10.1. The first-order chi connectivity index (χ1) is 12.9. The molecule has 0 N–H and O–H groups in total. The average Bonchev–Trinajstić information content (AvgIpc) is 2.69. The number of amides is 2. The van der Waals surface area contributed by atoms with Crippen LogP contribution in [0.25, 0.3) is 0 Å². The molecule has 0 saturated carbocycles. The molecule has 1 fully saturated rings. The molecule has 1 saturated heterocycles. The molecule has 2 amide bonds. The number of carbonyl (C=O) groups is 2. The van der Waals surface area contributed by atoms with Crippen LogP contribution in [0, 0.1) is 5.82 Å². The van der Waals surface area contributed by atoms with Crippen molar-refractivity contribution in [1.82, 2.24) is 9.80 Å². The van der Waals surface area contributed by atoms with Gasteiger partial charge in [-0.3, -0.25) is 9.59 Å². The summed E-state index contributed by atoms with van der Waals surface area (Å²) in [5.74, 6) is -1.07. The minimum atomic E-state index is -0.594. The Balaban J connectivity index is 1.66. The van der Waals surface area contributed by atoms with Crippen molar-refractivity contribution >= 4 is 29.1 Å². The zero-order valence-corrected chi connectivity index (χ0v) is 16.0. The molecule has 2 aromatic carbocycles. The molecule has 0 aromatic heterocycles. The molecular weight excluding hydrogens is 369 g/mol. The van der Waals surface area contributed by atoms with Crippen LogP contribution in [0.4, 0.5) is 10.1 Å². The number of halogens is 2. The number of carbonyl (C=O) groups excluding carboxylic acids is 2. The van der Waals surface area contributed by atoms with Crippen molar-refractivity contribution < 1.29 is 14.0 Å². The van der Waals surface area contributed by atoms with Gasteiger partial charge < -0.3 is 14.7 Å². The first kappa shape index (κ1) is 19.2. The van der Waals surface area contributed by atoms with E-state index in [-0.39, 0.29) is 11.5 Å². The van der Waals surface area contributed by atoms with Crippen molar-refractivity contribution in [2.24, 2.45) is 0 Å². The summed E-state index contributed by atoms with van der Waals surface area (Å²) in [4.78, 5) is 30.5. The molecule has 0 radical (unpaired) electrons. The number of nitrogens with zero attached hydrogens (tertiary/aromatic N) is 3. The van der Waals surface area contributed by atoms with E-state index in [2.05, 4.69) is 0 Å². The van der Waals surface area contributed by atoms with Gasteiger partial charge in [-0.2, -0.15) is 0 Å². The molecule has 0 aliphatic carbocycles. The van der Waals surface area contributed by atoms with E-state index in [9.17, 15) is 14.0 Å². The van der Waals surface area contributed by atoms with E-state index in [4.69, 9.17) is 11.6 Å². The zero-order valence-electron chi connectivity index (χ0n) is 15.3. The minimum Gasteiger partial charge on any atom is -0.378 e. The third-order valence-electron chi connectivity index (χ3n) is 4.62. The summed E-state index contributed by atoms with van der Waals surface area (Å²) in [5, 5.41) is 0.314. The van der Waals surface area contributed by atoms with Crippen molar-refractivity contribution in [3.63, 3.8) is 0 Å². The van der Waals surface area contributed by atoms with E-state index in [0.29, 0.717) is 36.8 Å². The lowest BCUT2D eigenvalue weighted by Crippen LogP contribution is -2.50. The standard InChI is InChI=1S/C20H21ClFN3O2/c1-23(2)16-5-3-4-14(12-16)19(26)24-8-10-25(11-9-24)20(27)17-13-15(21)6-7-18(17)22/h3-7,12-13H,8-11H2,1-2H3. The lowest BCUT2D eigenvalue weighted by Gasteiger charge is -2.35. The Morgan fingerprint density at radius 1 is 0.963 bits per heavy atom. The third kappa shape index (κ3) is 4.22. The van der Waals surface area contributed by atoms with Gasteiger partial charge in [-0.25, -0.2) is 4.39 Å². The second kappa shape index (κ2) is 7.96. The van der Waals surface area contributed by atoms with Gasteiger partial charge in [-0.15, -0.1) is 0 Å². The molecule has 2 aromatic rings. The molecule has 3 rings (SSSR count). The predicted octanol–water partition coefficient (Wildman–Crippen LogP) is 3.14. The monoisotopic (exact) mass is 389 g/mol. The molecule has 0 spiro atoms. The Labute approximate surface area is 162 Å². The van der Waals surface area contributed by atoms with Crippen molar-refractivity contribution in [3.8, 4) is 0 Å². The molecule has 1 aliphatic rings. The van der Waals surface area contributed by atoms with Crippen LogP contribution in [-0.2, 0) is 0 Å². The Hall–Kier alpha value is -2.60. The van der Waals surface area contributed by atoms with Crippen LogP contribution >= 0.6 is 11.6 Å². The van der Waals surface area contributed by atoms with E-state index in [1.54, 1.807) is 15.9 Å². The second-order valence-corrected chi connectivity index (χ2v) is 7.09. The third-order valence-corrected chi connectivity index (χ3v) is 4.86. The summed E-state index contributed by atoms with van der Waals surface area (Å²) < 4.78 is 13.9. The highest BCUT2D eigenvalue weighted by molar-refractivity contribution is 6.31. The highest BCUT2D eigenvalue weighted by Gasteiger charge is 2.27. The van der Waals surface area contributed by atoms with Gasteiger partial charge in [-0.1, -0.05) is 17.7 Å². The molecule has 0 unspecified atom stereocenters. The summed E-state index contributed by atoms with van der Waals surface area (Å²) in [6.45, 7) is 1.51. The fourth-order valence-electron chi connectivity index (χ4n) is 3.04. The molecule has 7 heteroatoms. The van der Waals surface area contributed by atoms with Crippen molar-refractivity contribution in [1.29, 1.82) is 0 Å².